The van der Waals surface area contributed by atoms with Crippen molar-refractivity contribution in [3.05, 3.63) is 12.3 Å². The van der Waals surface area contributed by atoms with Gasteiger partial charge >= 0.3 is 6.09 Å². The lowest BCUT2D eigenvalue weighted by molar-refractivity contribution is -0.0166. The first-order valence-corrected chi connectivity index (χ1v) is 10.9. The number of piperidine rings is 1. The van der Waals surface area contributed by atoms with Crippen molar-refractivity contribution in [2.45, 2.75) is 70.7 Å². The van der Waals surface area contributed by atoms with Gasteiger partial charge in [-0.25, -0.2) is 14.2 Å². The quantitative estimate of drug-likeness (QED) is 0.671. The third kappa shape index (κ3) is 4.56. The van der Waals surface area contributed by atoms with Gasteiger partial charge in [0.15, 0.2) is 5.82 Å². The van der Waals surface area contributed by atoms with Crippen LogP contribution in [0.1, 0.15) is 53.4 Å². The molecule has 1 aliphatic heterocycles. The zero-order valence-corrected chi connectivity index (χ0v) is 19.1. The van der Waals surface area contributed by atoms with E-state index >= 15 is 4.39 Å². The third-order valence-electron chi connectivity index (χ3n) is 5.56. The standard InChI is InChI=1S/C22H31FN6O3/c1-5-6-13-31-19-17-15(7-11-26-19)29(27-18(17)25)22(8-10-24)9-12-28(14-16(22)23)20(30)32-21(2,3)4/h7,11,16H,5-6,8-9,12-14H2,1-4H3,(H2,25,27)/t16-,22-/m1/s1. The van der Waals surface area contributed by atoms with Crippen LogP contribution in [-0.2, 0) is 10.3 Å². The molecule has 1 fully saturated rings. The first-order valence-electron chi connectivity index (χ1n) is 10.9. The van der Waals surface area contributed by atoms with Crippen LogP contribution in [0, 0.1) is 11.3 Å². The Balaban J connectivity index is 1.96. The monoisotopic (exact) mass is 446 g/mol. The molecule has 2 aromatic heterocycles. The molecule has 0 bridgehead atoms. The minimum Gasteiger partial charge on any atom is -0.477 e. The molecular weight excluding hydrogens is 415 g/mol. The predicted octanol–water partition coefficient (Wildman–Crippen LogP) is 3.78. The fourth-order valence-electron chi connectivity index (χ4n) is 3.91. The fourth-order valence-corrected chi connectivity index (χ4v) is 3.91. The number of amides is 1. The highest BCUT2D eigenvalue weighted by Gasteiger charge is 2.48. The molecule has 3 rings (SSSR count). The van der Waals surface area contributed by atoms with Crippen LogP contribution in [0.5, 0.6) is 5.88 Å². The summed E-state index contributed by atoms with van der Waals surface area (Å²) in [5.41, 5.74) is 4.79. The number of carbonyl (C=O) groups is 1. The van der Waals surface area contributed by atoms with Crippen molar-refractivity contribution in [2.75, 3.05) is 25.4 Å². The van der Waals surface area contributed by atoms with Crippen molar-refractivity contribution < 1.29 is 18.7 Å². The Morgan fingerprint density at radius 1 is 1.47 bits per heavy atom. The number of aromatic nitrogens is 3. The Kier molecular flexibility index (Phi) is 6.77. The van der Waals surface area contributed by atoms with Crippen molar-refractivity contribution in [1.29, 1.82) is 5.26 Å². The lowest BCUT2D eigenvalue weighted by Gasteiger charge is -2.43. The number of carbonyl (C=O) groups excluding carboxylic acids is 1. The normalized spacial score (nSPS) is 21.4. The molecule has 3 heterocycles. The summed E-state index contributed by atoms with van der Waals surface area (Å²) in [6, 6.07) is 3.79. The number of nitrogens with two attached hydrogens (primary N) is 1. The molecule has 1 aliphatic rings. The van der Waals surface area contributed by atoms with Gasteiger partial charge in [0.25, 0.3) is 0 Å². The molecule has 174 valence electrons. The molecule has 32 heavy (non-hydrogen) atoms. The minimum atomic E-state index is -1.55. The molecule has 2 aromatic rings. The molecule has 1 amide bonds. The summed E-state index contributed by atoms with van der Waals surface area (Å²) >= 11 is 0. The zero-order chi connectivity index (χ0) is 23.5. The molecule has 0 radical (unpaired) electrons. The number of hydrogen-bond acceptors (Lipinski definition) is 7. The van der Waals surface area contributed by atoms with Gasteiger partial charge in [0.05, 0.1) is 31.2 Å². The number of likely N-dealkylation sites (tertiary alicyclic amines) is 1. The fraction of sp³-hybridized carbons (Fsp3) is 0.636. The van der Waals surface area contributed by atoms with Crippen molar-refractivity contribution >= 4 is 22.8 Å². The summed E-state index contributed by atoms with van der Waals surface area (Å²) in [5, 5.41) is 14.5. The number of nitrogen functional groups attached to an aromatic ring is 1. The molecule has 2 N–H and O–H groups in total. The maximum Gasteiger partial charge on any atom is 0.410 e. The van der Waals surface area contributed by atoms with E-state index in [0.717, 1.165) is 12.8 Å². The molecule has 0 unspecified atom stereocenters. The number of rotatable bonds is 6. The summed E-state index contributed by atoms with van der Waals surface area (Å²) in [5.74, 6) is 0.507. The average molecular weight is 447 g/mol. The number of anilines is 1. The van der Waals surface area contributed by atoms with E-state index in [1.165, 1.54) is 9.58 Å². The van der Waals surface area contributed by atoms with Crippen LogP contribution in [0.25, 0.3) is 10.9 Å². The molecule has 0 aliphatic carbocycles. The van der Waals surface area contributed by atoms with Crippen molar-refractivity contribution in [1.82, 2.24) is 19.7 Å². The summed E-state index contributed by atoms with van der Waals surface area (Å²) in [4.78, 5) is 18.1. The molecular formula is C22H31FN6O3. The van der Waals surface area contributed by atoms with Crippen molar-refractivity contribution in [3.63, 3.8) is 0 Å². The van der Waals surface area contributed by atoms with Gasteiger partial charge in [-0.3, -0.25) is 4.68 Å². The van der Waals surface area contributed by atoms with E-state index in [1.54, 1.807) is 33.0 Å². The van der Waals surface area contributed by atoms with E-state index in [1.807, 2.05) is 0 Å². The second-order valence-electron chi connectivity index (χ2n) is 9.09. The Hall–Kier alpha value is -3.09. The summed E-state index contributed by atoms with van der Waals surface area (Å²) in [7, 11) is 0. The molecule has 1 saturated heterocycles. The number of unbranched alkanes of at least 4 members (excludes halogenated alkanes) is 1. The van der Waals surface area contributed by atoms with Crippen LogP contribution >= 0.6 is 0 Å². The van der Waals surface area contributed by atoms with Gasteiger partial charge in [0, 0.05) is 12.7 Å². The van der Waals surface area contributed by atoms with Crippen LogP contribution in [0.4, 0.5) is 15.0 Å². The Labute approximate surface area is 187 Å². The molecule has 9 nitrogen and oxygen atoms in total. The molecule has 0 aromatic carbocycles. The van der Waals surface area contributed by atoms with Crippen LogP contribution < -0.4 is 10.5 Å². The first-order chi connectivity index (χ1) is 15.1. The lowest BCUT2D eigenvalue weighted by atomic mass is 9.83. The number of alkyl halides is 1. The van der Waals surface area contributed by atoms with E-state index in [-0.39, 0.29) is 31.7 Å². The number of ether oxygens (including phenoxy) is 2. The maximum atomic E-state index is 15.8. The number of halogens is 1. The molecule has 0 saturated carbocycles. The van der Waals surface area contributed by atoms with E-state index in [0.29, 0.717) is 23.4 Å². The first kappa shape index (κ1) is 23.6. The predicted molar refractivity (Wildman–Crippen MR) is 118 cm³/mol. The largest absolute Gasteiger partial charge is 0.477 e. The van der Waals surface area contributed by atoms with Gasteiger partial charge in [-0.15, -0.1) is 0 Å². The van der Waals surface area contributed by atoms with Crippen molar-refractivity contribution in [3.8, 4) is 11.9 Å². The lowest BCUT2D eigenvalue weighted by Crippen LogP contribution is -2.56. The smallest absolute Gasteiger partial charge is 0.410 e. The van der Waals surface area contributed by atoms with Gasteiger partial charge in [-0.05, 0) is 39.7 Å². The van der Waals surface area contributed by atoms with Crippen LogP contribution in [0.2, 0.25) is 0 Å². The second-order valence-corrected chi connectivity index (χ2v) is 9.09. The van der Waals surface area contributed by atoms with Crippen molar-refractivity contribution in [2.24, 2.45) is 0 Å². The van der Waals surface area contributed by atoms with E-state index in [9.17, 15) is 10.1 Å². The minimum absolute atomic E-state index is 0.124. The average Bonchev–Trinajstić information content (AvgIpc) is 3.06. The Bertz CT molecular complexity index is 1010. The maximum absolute atomic E-state index is 15.8. The van der Waals surface area contributed by atoms with Crippen LogP contribution in [-0.4, -0.2) is 57.2 Å². The third-order valence-corrected chi connectivity index (χ3v) is 5.56. The van der Waals surface area contributed by atoms with Gasteiger partial charge in [-0.1, -0.05) is 13.3 Å². The Morgan fingerprint density at radius 3 is 2.84 bits per heavy atom. The molecule has 10 heteroatoms. The van der Waals surface area contributed by atoms with E-state index in [2.05, 4.69) is 23.1 Å². The number of fused-ring (bicyclic) bond motifs is 1. The number of hydrogen-bond donors (Lipinski definition) is 1. The Morgan fingerprint density at radius 2 is 2.22 bits per heavy atom. The number of nitrogens with zero attached hydrogens (tertiary/aromatic N) is 5. The highest BCUT2D eigenvalue weighted by atomic mass is 19.1. The van der Waals surface area contributed by atoms with E-state index < -0.39 is 23.4 Å². The van der Waals surface area contributed by atoms with Gasteiger partial charge in [0.1, 0.15) is 22.7 Å². The topological polar surface area (TPSA) is 119 Å². The summed E-state index contributed by atoms with van der Waals surface area (Å²) < 4.78 is 28.4. The number of pyridine rings is 1. The van der Waals surface area contributed by atoms with E-state index in [4.69, 9.17) is 15.2 Å². The highest BCUT2D eigenvalue weighted by molar-refractivity contribution is 5.93. The van der Waals surface area contributed by atoms with Crippen LogP contribution in [0.3, 0.4) is 0 Å². The summed E-state index contributed by atoms with van der Waals surface area (Å²) in [6.07, 6.45) is 1.32. The number of nitriles is 1. The molecule has 2 atom stereocenters. The van der Waals surface area contributed by atoms with Gasteiger partial charge in [-0.2, -0.15) is 10.4 Å². The van der Waals surface area contributed by atoms with Crippen LogP contribution in [0.15, 0.2) is 12.3 Å². The van der Waals surface area contributed by atoms with Gasteiger partial charge < -0.3 is 20.1 Å². The highest BCUT2D eigenvalue weighted by Crippen LogP contribution is 2.40. The molecule has 0 spiro atoms. The summed E-state index contributed by atoms with van der Waals surface area (Å²) in [6.45, 7) is 7.83. The SMILES string of the molecule is CCCCOc1nccc2c1c(N)nn2[C@]1(CC#N)CCN(C(=O)OC(C)(C)C)C[C@H]1F. The second kappa shape index (κ2) is 9.18. The van der Waals surface area contributed by atoms with Gasteiger partial charge in [0.2, 0.25) is 5.88 Å². The zero-order valence-electron chi connectivity index (χ0n) is 19.1.